The predicted octanol–water partition coefficient (Wildman–Crippen LogP) is 2.69. The van der Waals surface area contributed by atoms with Crippen molar-refractivity contribution in [1.29, 1.82) is 0 Å². The highest BCUT2D eigenvalue weighted by molar-refractivity contribution is 7.99. The van der Waals surface area contributed by atoms with Crippen molar-refractivity contribution in [2.24, 2.45) is 5.84 Å². The molecule has 1 atom stereocenters. The maximum absolute atomic E-state index is 13.1. The Morgan fingerprint density at radius 2 is 1.95 bits per heavy atom. The van der Waals surface area contributed by atoms with Crippen molar-refractivity contribution < 1.29 is 9.18 Å². The highest BCUT2D eigenvalue weighted by atomic mass is 32.2. The van der Waals surface area contributed by atoms with Crippen LogP contribution in [0.3, 0.4) is 0 Å². The van der Waals surface area contributed by atoms with Gasteiger partial charge in [0.1, 0.15) is 5.82 Å². The van der Waals surface area contributed by atoms with Gasteiger partial charge in [-0.2, -0.15) is 0 Å². The molecular formula is C15H15FN2OS. The lowest BCUT2D eigenvalue weighted by molar-refractivity contribution is -0.122. The van der Waals surface area contributed by atoms with Crippen LogP contribution in [-0.2, 0) is 4.79 Å². The van der Waals surface area contributed by atoms with E-state index in [0.717, 1.165) is 10.5 Å². The molecule has 3 nitrogen and oxygen atoms in total. The average Bonchev–Trinajstić information content (AvgIpc) is 2.48. The zero-order valence-electron chi connectivity index (χ0n) is 10.8. The molecule has 2 rings (SSSR count). The number of hydrogen-bond donors (Lipinski definition) is 2. The highest BCUT2D eigenvalue weighted by Gasteiger charge is 2.19. The quantitative estimate of drug-likeness (QED) is 0.385. The second kappa shape index (κ2) is 7.07. The van der Waals surface area contributed by atoms with Crippen molar-refractivity contribution in [2.45, 2.75) is 10.8 Å². The number of hydrazine groups is 1. The summed E-state index contributed by atoms with van der Waals surface area (Å²) >= 11 is 1.42. The van der Waals surface area contributed by atoms with Gasteiger partial charge in [-0.05, 0) is 23.8 Å². The Kier molecular flexibility index (Phi) is 5.15. The number of hydrogen-bond acceptors (Lipinski definition) is 3. The highest BCUT2D eigenvalue weighted by Crippen LogP contribution is 2.26. The summed E-state index contributed by atoms with van der Waals surface area (Å²) < 4.78 is 13.1. The van der Waals surface area contributed by atoms with Crippen molar-refractivity contribution >= 4 is 17.7 Å². The molecule has 0 spiro atoms. The molecule has 1 unspecified atom stereocenters. The van der Waals surface area contributed by atoms with Gasteiger partial charge in [0.2, 0.25) is 5.91 Å². The van der Waals surface area contributed by atoms with Crippen LogP contribution in [0.4, 0.5) is 4.39 Å². The topological polar surface area (TPSA) is 55.1 Å². The fourth-order valence-electron chi connectivity index (χ4n) is 1.85. The van der Waals surface area contributed by atoms with Gasteiger partial charge in [0.25, 0.3) is 0 Å². The van der Waals surface area contributed by atoms with Crippen molar-refractivity contribution in [3.63, 3.8) is 0 Å². The fourth-order valence-corrected chi connectivity index (χ4v) is 2.92. The third kappa shape index (κ3) is 3.82. The van der Waals surface area contributed by atoms with E-state index < -0.39 is 0 Å². The number of thioether (sulfide) groups is 1. The minimum absolute atomic E-state index is 0.250. The Hall–Kier alpha value is -1.85. The van der Waals surface area contributed by atoms with E-state index in [9.17, 15) is 9.18 Å². The normalized spacial score (nSPS) is 11.9. The molecule has 2 aromatic rings. The van der Waals surface area contributed by atoms with Crippen molar-refractivity contribution in [1.82, 2.24) is 5.43 Å². The molecule has 0 aliphatic rings. The van der Waals surface area contributed by atoms with Crippen LogP contribution >= 0.6 is 11.8 Å². The monoisotopic (exact) mass is 290 g/mol. The van der Waals surface area contributed by atoms with Crippen LogP contribution in [0, 0.1) is 5.82 Å². The lowest BCUT2D eigenvalue weighted by atomic mass is 10.0. The van der Waals surface area contributed by atoms with Crippen LogP contribution in [0.5, 0.6) is 0 Å². The molecule has 0 radical (unpaired) electrons. The van der Waals surface area contributed by atoms with Gasteiger partial charge in [0.15, 0.2) is 0 Å². The van der Waals surface area contributed by atoms with Gasteiger partial charge in [-0.15, -0.1) is 11.8 Å². The standard InChI is InChI=1S/C15H15FN2OS/c16-12-7-4-8-13(9-12)20-10-14(15(19)18-17)11-5-2-1-3-6-11/h1-9,14H,10,17H2,(H,18,19). The molecule has 0 bridgehead atoms. The Balaban J connectivity index is 2.11. The number of nitrogens with one attached hydrogen (secondary N) is 1. The average molecular weight is 290 g/mol. The number of nitrogens with two attached hydrogens (primary N) is 1. The second-order valence-corrected chi connectivity index (χ2v) is 5.33. The van der Waals surface area contributed by atoms with E-state index in [2.05, 4.69) is 5.43 Å². The first-order chi connectivity index (χ1) is 9.70. The molecular weight excluding hydrogens is 275 g/mol. The molecule has 2 aromatic carbocycles. The van der Waals surface area contributed by atoms with E-state index in [0.29, 0.717) is 5.75 Å². The summed E-state index contributed by atoms with van der Waals surface area (Å²) in [5, 5.41) is 0. The first kappa shape index (κ1) is 14.6. The summed E-state index contributed by atoms with van der Waals surface area (Å²) in [6, 6.07) is 15.7. The molecule has 1 amide bonds. The molecule has 0 aromatic heterocycles. The lowest BCUT2D eigenvalue weighted by Crippen LogP contribution is -2.35. The van der Waals surface area contributed by atoms with Gasteiger partial charge in [-0.1, -0.05) is 36.4 Å². The van der Waals surface area contributed by atoms with E-state index >= 15 is 0 Å². The van der Waals surface area contributed by atoms with Gasteiger partial charge in [0.05, 0.1) is 5.92 Å². The Morgan fingerprint density at radius 3 is 2.60 bits per heavy atom. The third-order valence-electron chi connectivity index (χ3n) is 2.87. The number of carbonyl (C=O) groups is 1. The van der Waals surface area contributed by atoms with Crippen molar-refractivity contribution in [2.75, 3.05) is 5.75 Å². The molecule has 0 saturated carbocycles. The fraction of sp³-hybridized carbons (Fsp3) is 0.133. The molecule has 0 fully saturated rings. The maximum atomic E-state index is 13.1. The van der Waals surface area contributed by atoms with E-state index in [1.54, 1.807) is 6.07 Å². The number of amides is 1. The second-order valence-electron chi connectivity index (χ2n) is 4.24. The van der Waals surface area contributed by atoms with E-state index in [1.165, 1.54) is 23.9 Å². The van der Waals surface area contributed by atoms with Gasteiger partial charge in [-0.3, -0.25) is 10.2 Å². The van der Waals surface area contributed by atoms with Gasteiger partial charge in [0, 0.05) is 10.6 Å². The molecule has 20 heavy (non-hydrogen) atoms. The Bertz CT molecular complexity index is 577. The maximum Gasteiger partial charge on any atom is 0.242 e. The summed E-state index contributed by atoms with van der Waals surface area (Å²) in [6.07, 6.45) is 0. The molecule has 104 valence electrons. The van der Waals surface area contributed by atoms with E-state index in [-0.39, 0.29) is 17.6 Å². The molecule has 0 aliphatic carbocycles. The largest absolute Gasteiger partial charge is 0.294 e. The van der Waals surface area contributed by atoms with Crippen molar-refractivity contribution in [3.05, 3.63) is 66.0 Å². The van der Waals surface area contributed by atoms with Crippen LogP contribution in [0.1, 0.15) is 11.5 Å². The minimum atomic E-state index is -0.366. The summed E-state index contributed by atoms with van der Waals surface area (Å²) in [4.78, 5) is 12.7. The molecule has 5 heteroatoms. The van der Waals surface area contributed by atoms with Crippen LogP contribution in [0.15, 0.2) is 59.5 Å². The summed E-state index contributed by atoms with van der Waals surface area (Å²) in [5.41, 5.74) is 3.07. The first-order valence-electron chi connectivity index (χ1n) is 6.14. The van der Waals surface area contributed by atoms with E-state index in [1.807, 2.05) is 36.4 Å². The van der Waals surface area contributed by atoms with Crippen LogP contribution < -0.4 is 11.3 Å². The van der Waals surface area contributed by atoms with Crippen molar-refractivity contribution in [3.8, 4) is 0 Å². The van der Waals surface area contributed by atoms with Gasteiger partial charge in [-0.25, -0.2) is 10.2 Å². The van der Waals surface area contributed by atoms with Crippen LogP contribution in [0.25, 0.3) is 0 Å². The zero-order chi connectivity index (χ0) is 14.4. The third-order valence-corrected chi connectivity index (χ3v) is 3.96. The zero-order valence-corrected chi connectivity index (χ0v) is 11.6. The smallest absolute Gasteiger partial charge is 0.242 e. The number of halogens is 1. The van der Waals surface area contributed by atoms with Crippen LogP contribution in [0.2, 0.25) is 0 Å². The SMILES string of the molecule is NNC(=O)C(CSc1cccc(F)c1)c1ccccc1. The summed E-state index contributed by atoms with van der Waals surface area (Å²) in [6.45, 7) is 0. The first-order valence-corrected chi connectivity index (χ1v) is 7.13. The van der Waals surface area contributed by atoms with Gasteiger partial charge >= 0.3 is 0 Å². The summed E-state index contributed by atoms with van der Waals surface area (Å²) in [5.74, 6) is 4.83. The molecule has 3 N–H and O–H groups in total. The minimum Gasteiger partial charge on any atom is -0.294 e. The number of benzene rings is 2. The predicted molar refractivity (Wildman–Crippen MR) is 78.6 cm³/mol. The molecule has 0 saturated heterocycles. The Labute approximate surface area is 121 Å². The molecule has 0 heterocycles. The number of carbonyl (C=O) groups excluding carboxylic acids is 1. The Morgan fingerprint density at radius 1 is 1.20 bits per heavy atom. The van der Waals surface area contributed by atoms with Crippen LogP contribution in [-0.4, -0.2) is 11.7 Å². The number of rotatable bonds is 5. The van der Waals surface area contributed by atoms with E-state index in [4.69, 9.17) is 5.84 Å². The van der Waals surface area contributed by atoms with Gasteiger partial charge < -0.3 is 0 Å². The molecule has 0 aliphatic heterocycles. The summed E-state index contributed by atoms with van der Waals surface area (Å²) in [7, 11) is 0. The lowest BCUT2D eigenvalue weighted by Gasteiger charge is -2.15.